The van der Waals surface area contributed by atoms with Crippen LogP contribution in [0.2, 0.25) is 0 Å². The molecule has 0 radical (unpaired) electrons. The van der Waals surface area contributed by atoms with Crippen molar-refractivity contribution in [3.8, 4) is 0 Å². The van der Waals surface area contributed by atoms with E-state index in [2.05, 4.69) is 5.32 Å². The van der Waals surface area contributed by atoms with E-state index in [4.69, 9.17) is 5.14 Å². The SMILES string of the molecule is NS(=O)(=O)C(C(=O)N1CCNCC1)c1ccccc1. The molecule has 1 aliphatic rings. The molecule has 1 heterocycles. The van der Waals surface area contributed by atoms with Gasteiger partial charge >= 0.3 is 0 Å². The van der Waals surface area contributed by atoms with E-state index in [1.54, 1.807) is 35.2 Å². The fraction of sp³-hybridized carbons (Fsp3) is 0.417. The zero-order chi connectivity index (χ0) is 13.9. The van der Waals surface area contributed by atoms with Crippen LogP contribution >= 0.6 is 0 Å². The average molecular weight is 283 g/mol. The largest absolute Gasteiger partial charge is 0.339 e. The maximum absolute atomic E-state index is 12.4. The summed E-state index contributed by atoms with van der Waals surface area (Å²) in [5.74, 6) is -0.449. The standard InChI is InChI=1S/C12H17N3O3S/c13-19(17,18)11(10-4-2-1-3-5-10)12(16)15-8-6-14-7-9-15/h1-5,11,14H,6-9H2,(H2,13,17,18). The second kappa shape index (κ2) is 5.68. The summed E-state index contributed by atoms with van der Waals surface area (Å²) in [4.78, 5) is 13.9. The lowest BCUT2D eigenvalue weighted by Crippen LogP contribution is -2.49. The molecule has 7 heteroatoms. The molecule has 1 unspecified atom stereocenters. The molecule has 0 spiro atoms. The monoisotopic (exact) mass is 283 g/mol. The van der Waals surface area contributed by atoms with Crippen molar-refractivity contribution >= 4 is 15.9 Å². The minimum atomic E-state index is -3.98. The number of primary sulfonamides is 1. The molecule has 1 atom stereocenters. The molecule has 19 heavy (non-hydrogen) atoms. The lowest BCUT2D eigenvalue weighted by Gasteiger charge is -2.30. The predicted molar refractivity (Wildman–Crippen MR) is 71.7 cm³/mol. The van der Waals surface area contributed by atoms with E-state index >= 15 is 0 Å². The van der Waals surface area contributed by atoms with E-state index in [0.29, 0.717) is 31.7 Å². The van der Waals surface area contributed by atoms with Gasteiger partial charge in [-0.2, -0.15) is 0 Å². The molecule has 0 aromatic heterocycles. The van der Waals surface area contributed by atoms with Crippen LogP contribution in [0.1, 0.15) is 10.8 Å². The van der Waals surface area contributed by atoms with Crippen LogP contribution in [0.5, 0.6) is 0 Å². The summed E-state index contributed by atoms with van der Waals surface area (Å²) in [5.41, 5.74) is 0.411. The number of nitrogens with one attached hydrogen (secondary N) is 1. The minimum Gasteiger partial charge on any atom is -0.339 e. The highest BCUT2D eigenvalue weighted by molar-refractivity contribution is 7.90. The Morgan fingerprint density at radius 3 is 2.32 bits per heavy atom. The molecule has 3 N–H and O–H groups in total. The van der Waals surface area contributed by atoms with Crippen molar-refractivity contribution in [1.29, 1.82) is 0 Å². The Kier molecular flexibility index (Phi) is 4.18. The second-order valence-electron chi connectivity index (χ2n) is 4.46. The fourth-order valence-electron chi connectivity index (χ4n) is 2.15. The topological polar surface area (TPSA) is 92.5 Å². The third-order valence-corrected chi connectivity index (χ3v) is 4.21. The molecular weight excluding hydrogens is 266 g/mol. The van der Waals surface area contributed by atoms with Gasteiger partial charge in [0.25, 0.3) is 0 Å². The molecule has 0 aliphatic carbocycles. The van der Waals surface area contributed by atoms with E-state index in [1.807, 2.05) is 0 Å². The summed E-state index contributed by atoms with van der Waals surface area (Å²) in [6.45, 7) is 2.32. The van der Waals surface area contributed by atoms with E-state index in [1.165, 1.54) is 0 Å². The summed E-state index contributed by atoms with van der Waals surface area (Å²) in [6, 6.07) is 8.36. The molecule has 0 saturated carbocycles. The van der Waals surface area contributed by atoms with E-state index in [9.17, 15) is 13.2 Å². The Bertz CT molecular complexity index is 539. The smallest absolute Gasteiger partial charge is 0.246 e. The molecule has 1 aliphatic heterocycles. The Morgan fingerprint density at radius 2 is 1.79 bits per heavy atom. The van der Waals surface area contributed by atoms with Gasteiger partial charge in [0, 0.05) is 26.2 Å². The van der Waals surface area contributed by atoms with Crippen LogP contribution < -0.4 is 10.5 Å². The van der Waals surface area contributed by atoms with Crippen LogP contribution in [0.15, 0.2) is 30.3 Å². The van der Waals surface area contributed by atoms with Gasteiger partial charge in [-0.25, -0.2) is 13.6 Å². The number of sulfonamides is 1. The van der Waals surface area contributed by atoms with Gasteiger partial charge in [-0.1, -0.05) is 30.3 Å². The third-order valence-electron chi connectivity index (χ3n) is 3.08. The molecule has 1 amide bonds. The fourth-order valence-corrected chi connectivity index (χ4v) is 3.12. The summed E-state index contributed by atoms with van der Waals surface area (Å²) in [6.07, 6.45) is 0. The van der Waals surface area contributed by atoms with Crippen LogP contribution in [0.4, 0.5) is 0 Å². The maximum Gasteiger partial charge on any atom is 0.246 e. The number of nitrogens with zero attached hydrogens (tertiary/aromatic N) is 1. The normalized spacial score (nSPS) is 18.1. The van der Waals surface area contributed by atoms with Crippen LogP contribution in [0, 0.1) is 0 Å². The van der Waals surface area contributed by atoms with Gasteiger partial charge in [-0.05, 0) is 5.56 Å². The minimum absolute atomic E-state index is 0.411. The van der Waals surface area contributed by atoms with Gasteiger partial charge in [0.2, 0.25) is 15.9 Å². The number of carbonyl (C=O) groups is 1. The molecule has 1 aromatic rings. The summed E-state index contributed by atoms with van der Waals surface area (Å²) < 4.78 is 23.5. The van der Waals surface area contributed by atoms with E-state index in [-0.39, 0.29) is 0 Å². The molecule has 1 saturated heterocycles. The Hall–Kier alpha value is -1.44. The number of benzene rings is 1. The molecule has 0 bridgehead atoms. The average Bonchev–Trinajstić information content (AvgIpc) is 2.39. The highest BCUT2D eigenvalue weighted by Gasteiger charge is 2.35. The van der Waals surface area contributed by atoms with Crippen molar-refractivity contribution in [2.75, 3.05) is 26.2 Å². The molecule has 1 aromatic carbocycles. The highest BCUT2D eigenvalue weighted by atomic mass is 32.2. The number of rotatable bonds is 3. The Balaban J connectivity index is 2.31. The van der Waals surface area contributed by atoms with Crippen LogP contribution in [-0.2, 0) is 14.8 Å². The van der Waals surface area contributed by atoms with Gasteiger partial charge in [-0.15, -0.1) is 0 Å². The van der Waals surface area contributed by atoms with E-state index in [0.717, 1.165) is 0 Å². The Morgan fingerprint density at radius 1 is 1.21 bits per heavy atom. The van der Waals surface area contributed by atoms with Crippen molar-refractivity contribution < 1.29 is 13.2 Å². The summed E-state index contributed by atoms with van der Waals surface area (Å²) in [7, 11) is -3.98. The maximum atomic E-state index is 12.4. The van der Waals surface area contributed by atoms with Crippen molar-refractivity contribution in [3.63, 3.8) is 0 Å². The number of amides is 1. The third kappa shape index (κ3) is 3.31. The van der Waals surface area contributed by atoms with Gasteiger partial charge < -0.3 is 10.2 Å². The van der Waals surface area contributed by atoms with Crippen LogP contribution in [-0.4, -0.2) is 45.4 Å². The zero-order valence-corrected chi connectivity index (χ0v) is 11.3. The quantitative estimate of drug-likeness (QED) is 0.778. The summed E-state index contributed by atoms with van der Waals surface area (Å²) >= 11 is 0. The van der Waals surface area contributed by atoms with Gasteiger partial charge in [-0.3, -0.25) is 4.79 Å². The van der Waals surface area contributed by atoms with Crippen molar-refractivity contribution in [3.05, 3.63) is 35.9 Å². The number of piperazine rings is 1. The van der Waals surface area contributed by atoms with Crippen molar-refractivity contribution in [2.24, 2.45) is 5.14 Å². The van der Waals surface area contributed by atoms with E-state index < -0.39 is 21.2 Å². The first kappa shape index (κ1) is 14.0. The molecule has 104 valence electrons. The number of nitrogens with two attached hydrogens (primary N) is 1. The van der Waals surface area contributed by atoms with Crippen LogP contribution in [0.25, 0.3) is 0 Å². The highest BCUT2D eigenvalue weighted by Crippen LogP contribution is 2.22. The van der Waals surface area contributed by atoms with Gasteiger partial charge in [0.1, 0.15) is 0 Å². The van der Waals surface area contributed by atoms with Crippen LogP contribution in [0.3, 0.4) is 0 Å². The zero-order valence-electron chi connectivity index (χ0n) is 10.5. The summed E-state index contributed by atoms with van der Waals surface area (Å²) in [5, 5.41) is 7.03. The Labute approximate surface area is 112 Å². The van der Waals surface area contributed by atoms with Crippen molar-refractivity contribution in [2.45, 2.75) is 5.25 Å². The first-order valence-electron chi connectivity index (χ1n) is 6.06. The predicted octanol–water partition coefficient (Wildman–Crippen LogP) is -0.552. The molecular formula is C12H17N3O3S. The van der Waals surface area contributed by atoms with Gasteiger partial charge in [0.15, 0.2) is 5.25 Å². The number of hydrogen-bond donors (Lipinski definition) is 2. The number of carbonyl (C=O) groups excluding carboxylic acids is 1. The first-order valence-corrected chi connectivity index (χ1v) is 7.67. The van der Waals surface area contributed by atoms with Crippen molar-refractivity contribution in [1.82, 2.24) is 10.2 Å². The lowest BCUT2D eigenvalue weighted by molar-refractivity contribution is -0.131. The second-order valence-corrected chi connectivity index (χ2v) is 6.10. The molecule has 2 rings (SSSR count). The van der Waals surface area contributed by atoms with Gasteiger partial charge in [0.05, 0.1) is 0 Å². The first-order chi connectivity index (χ1) is 9.00. The lowest BCUT2D eigenvalue weighted by atomic mass is 10.1. The number of hydrogen-bond acceptors (Lipinski definition) is 4. The molecule has 1 fully saturated rings. The molecule has 6 nitrogen and oxygen atoms in total.